The lowest BCUT2D eigenvalue weighted by Gasteiger charge is -2.31. The van der Waals surface area contributed by atoms with Crippen molar-refractivity contribution in [2.45, 2.75) is 73.5 Å². The van der Waals surface area contributed by atoms with Crippen molar-refractivity contribution < 1.29 is 45.5 Å². The number of carboxylic acids is 1. The first kappa shape index (κ1) is 35.4. The molecule has 2 amide bonds. The molecule has 1 saturated carbocycles. The molecule has 3 atom stereocenters. The number of aliphatic imine (C=N–C) groups is 1. The van der Waals surface area contributed by atoms with Crippen molar-refractivity contribution in [1.29, 1.82) is 0 Å². The summed E-state index contributed by atoms with van der Waals surface area (Å²) in [4.78, 5) is 41.0. The normalized spacial score (nSPS) is 19.1. The number of carboxylic acid groups (broad SMARTS) is 1. The summed E-state index contributed by atoms with van der Waals surface area (Å²) in [6, 6.07) is 6.42. The van der Waals surface area contributed by atoms with Gasteiger partial charge in [-0.2, -0.15) is 13.2 Å². The van der Waals surface area contributed by atoms with Crippen molar-refractivity contribution in [2.24, 2.45) is 4.99 Å². The Morgan fingerprint density at radius 1 is 1.02 bits per heavy atom. The van der Waals surface area contributed by atoms with Gasteiger partial charge in [0, 0.05) is 18.4 Å². The van der Waals surface area contributed by atoms with Crippen LogP contribution in [0.4, 0.5) is 17.6 Å². The minimum absolute atomic E-state index is 0.0990. The number of nitrogens with one attached hydrogen (secondary N) is 3. The van der Waals surface area contributed by atoms with Crippen LogP contribution in [0.1, 0.15) is 44.7 Å². The molecule has 4 N–H and O–H groups in total. The molecule has 46 heavy (non-hydrogen) atoms. The molecular weight excluding hydrogens is 652 g/mol. The van der Waals surface area contributed by atoms with Crippen molar-refractivity contribution >= 4 is 44.4 Å². The minimum atomic E-state index is -4.86. The maximum absolute atomic E-state index is 14.9. The second-order valence-electron chi connectivity index (χ2n) is 12.0. The summed E-state index contributed by atoms with van der Waals surface area (Å²) in [5, 5.41) is 16.5. The number of nitrogens with zero attached hydrogens (tertiary/aromatic N) is 1. The van der Waals surface area contributed by atoms with E-state index in [-0.39, 0.29) is 16.2 Å². The fourth-order valence-electron chi connectivity index (χ4n) is 4.95. The third kappa shape index (κ3) is 9.06. The van der Waals surface area contributed by atoms with Crippen LogP contribution >= 0.6 is 11.8 Å². The highest BCUT2D eigenvalue weighted by Crippen LogP contribution is 2.44. The van der Waals surface area contributed by atoms with Crippen molar-refractivity contribution in [1.82, 2.24) is 16.0 Å². The minimum Gasteiger partial charge on any atom is -0.480 e. The molecule has 1 unspecified atom stereocenters. The van der Waals surface area contributed by atoms with Gasteiger partial charge in [0.2, 0.25) is 11.8 Å². The van der Waals surface area contributed by atoms with Gasteiger partial charge in [-0.05, 0) is 55.5 Å². The number of carbonyl (C=O) groups is 3. The predicted molar refractivity (Wildman–Crippen MR) is 165 cm³/mol. The molecule has 1 aliphatic heterocycles. The highest BCUT2D eigenvalue weighted by atomic mass is 32.2. The number of hydrogen-bond acceptors (Lipinski definition) is 8. The standard InChI is InChI=1S/C30H34F4N4O6S2/c1-28(2,31)14-21(26(42)38-29(12-13-29)27-37-22(16-45-27)25(41)35-15-23(39)40)36-24(30(32,33)34)19-6-4-17(5-7-19)18-8-10-20(11-9-18)46(3,43)44/h4-11,21-22,24,36H,12-16H2,1-3H3,(H,35,41)(H,38,42)(H,39,40)/t21-,22?,24-/m0/s1. The Morgan fingerprint density at radius 3 is 2.07 bits per heavy atom. The van der Waals surface area contributed by atoms with Gasteiger partial charge >= 0.3 is 12.1 Å². The van der Waals surface area contributed by atoms with Crippen LogP contribution in [0.3, 0.4) is 0 Å². The largest absolute Gasteiger partial charge is 0.480 e. The van der Waals surface area contributed by atoms with Gasteiger partial charge in [0.1, 0.15) is 24.3 Å². The average molecular weight is 687 g/mol. The Bertz CT molecular complexity index is 1600. The molecule has 0 radical (unpaired) electrons. The number of benzene rings is 2. The lowest BCUT2D eigenvalue weighted by atomic mass is 9.96. The summed E-state index contributed by atoms with van der Waals surface area (Å²) in [6.07, 6.45) is -3.55. The number of rotatable bonds is 13. The lowest BCUT2D eigenvalue weighted by molar-refractivity contribution is -0.161. The molecule has 0 spiro atoms. The van der Waals surface area contributed by atoms with E-state index < -0.39 is 76.1 Å². The Kier molecular flexibility index (Phi) is 10.2. The predicted octanol–water partition coefficient (Wildman–Crippen LogP) is 3.82. The first-order valence-electron chi connectivity index (χ1n) is 14.2. The van der Waals surface area contributed by atoms with Crippen molar-refractivity contribution in [3.63, 3.8) is 0 Å². The third-order valence-corrected chi connectivity index (χ3v) is 9.83. The Hall–Kier alpha value is -3.50. The molecular formula is C30H34F4N4O6S2. The van der Waals surface area contributed by atoms with Crippen molar-refractivity contribution in [3.05, 3.63) is 54.1 Å². The SMILES string of the molecule is CC(C)(F)C[C@H](N[C@@H](c1ccc(-c2ccc(S(C)(=O)=O)cc2)cc1)C(F)(F)F)C(=O)NC1(C2=NC(C(=O)NCC(=O)O)CS2)CC1. The maximum Gasteiger partial charge on any atom is 0.407 e. The molecule has 4 rings (SSSR count). The number of sulfone groups is 1. The van der Waals surface area contributed by atoms with E-state index in [0.29, 0.717) is 29.0 Å². The fourth-order valence-corrected chi connectivity index (χ4v) is 6.85. The summed E-state index contributed by atoms with van der Waals surface area (Å²) >= 11 is 1.19. The molecule has 250 valence electrons. The van der Waals surface area contributed by atoms with Gasteiger partial charge < -0.3 is 15.7 Å². The van der Waals surface area contributed by atoms with E-state index in [0.717, 1.165) is 20.1 Å². The zero-order valence-electron chi connectivity index (χ0n) is 25.2. The van der Waals surface area contributed by atoms with Crippen LogP contribution in [-0.2, 0) is 24.2 Å². The van der Waals surface area contributed by atoms with Gasteiger partial charge in [0.15, 0.2) is 9.84 Å². The lowest BCUT2D eigenvalue weighted by Crippen LogP contribution is -2.54. The van der Waals surface area contributed by atoms with Crippen molar-refractivity contribution in [2.75, 3.05) is 18.6 Å². The molecule has 2 aromatic rings. The van der Waals surface area contributed by atoms with Crippen LogP contribution in [0.5, 0.6) is 0 Å². The van der Waals surface area contributed by atoms with Crippen LogP contribution < -0.4 is 16.0 Å². The summed E-state index contributed by atoms with van der Waals surface area (Å²) in [5.74, 6) is -2.48. The summed E-state index contributed by atoms with van der Waals surface area (Å²) < 4.78 is 81.6. The third-order valence-electron chi connectivity index (χ3n) is 7.45. The number of halogens is 4. The molecule has 0 bridgehead atoms. The average Bonchev–Trinajstić information content (AvgIpc) is 3.55. The number of hydrogen-bond donors (Lipinski definition) is 4. The Labute approximate surface area is 267 Å². The molecule has 0 saturated heterocycles. The van der Waals surface area contributed by atoms with Gasteiger partial charge in [0.05, 0.1) is 21.5 Å². The van der Waals surface area contributed by atoms with Gasteiger partial charge in [-0.15, -0.1) is 11.8 Å². The van der Waals surface area contributed by atoms with Gasteiger partial charge in [0.25, 0.3) is 0 Å². The Balaban J connectivity index is 1.53. The van der Waals surface area contributed by atoms with Crippen LogP contribution in [0.25, 0.3) is 11.1 Å². The van der Waals surface area contributed by atoms with E-state index in [9.17, 15) is 40.4 Å². The molecule has 16 heteroatoms. The van der Waals surface area contributed by atoms with E-state index in [1.807, 2.05) is 0 Å². The zero-order chi connectivity index (χ0) is 34.1. The second-order valence-corrected chi connectivity index (χ2v) is 15.0. The second kappa shape index (κ2) is 13.3. The molecule has 1 aliphatic carbocycles. The van der Waals surface area contributed by atoms with E-state index >= 15 is 0 Å². The van der Waals surface area contributed by atoms with E-state index in [1.54, 1.807) is 12.1 Å². The topological polar surface area (TPSA) is 154 Å². The molecule has 2 aromatic carbocycles. The smallest absolute Gasteiger partial charge is 0.407 e. The van der Waals surface area contributed by atoms with Crippen LogP contribution in [0, 0.1) is 0 Å². The number of aliphatic carboxylic acids is 1. The molecule has 0 aromatic heterocycles. The van der Waals surface area contributed by atoms with Crippen LogP contribution in [0.2, 0.25) is 0 Å². The van der Waals surface area contributed by atoms with Gasteiger partial charge in [-0.3, -0.25) is 24.7 Å². The molecule has 1 fully saturated rings. The first-order chi connectivity index (χ1) is 21.3. The maximum atomic E-state index is 14.9. The highest BCUT2D eigenvalue weighted by Gasteiger charge is 2.53. The quantitative estimate of drug-likeness (QED) is 0.232. The van der Waals surface area contributed by atoms with E-state index in [2.05, 4.69) is 20.9 Å². The number of thioether (sulfide) groups is 1. The number of alkyl halides is 4. The summed E-state index contributed by atoms with van der Waals surface area (Å²) in [6.45, 7) is 1.73. The van der Waals surface area contributed by atoms with Gasteiger partial charge in [-0.25, -0.2) is 12.8 Å². The monoisotopic (exact) mass is 686 g/mol. The molecule has 2 aliphatic rings. The molecule has 1 heterocycles. The number of amides is 2. The van der Waals surface area contributed by atoms with Crippen molar-refractivity contribution in [3.8, 4) is 11.1 Å². The summed E-state index contributed by atoms with van der Waals surface area (Å²) in [5.41, 5.74) is -2.13. The van der Waals surface area contributed by atoms with E-state index in [1.165, 1.54) is 48.2 Å². The van der Waals surface area contributed by atoms with Gasteiger partial charge in [-0.1, -0.05) is 36.4 Å². The zero-order valence-corrected chi connectivity index (χ0v) is 26.8. The first-order valence-corrected chi connectivity index (χ1v) is 17.1. The summed E-state index contributed by atoms with van der Waals surface area (Å²) in [7, 11) is -3.43. The molecule has 10 nitrogen and oxygen atoms in total. The van der Waals surface area contributed by atoms with Crippen LogP contribution in [0.15, 0.2) is 58.4 Å². The Morgan fingerprint density at radius 2 is 1.59 bits per heavy atom. The fraction of sp³-hybridized carbons (Fsp3) is 0.467. The number of carbonyl (C=O) groups excluding carboxylic acids is 2. The van der Waals surface area contributed by atoms with Crippen LogP contribution in [-0.4, -0.2) is 84.4 Å². The highest BCUT2D eigenvalue weighted by molar-refractivity contribution is 8.14. The van der Waals surface area contributed by atoms with E-state index in [4.69, 9.17) is 5.11 Å².